The van der Waals surface area contributed by atoms with Gasteiger partial charge in [0.05, 0.1) is 25.1 Å². The molecule has 7 rings (SSSR count). The molecule has 4 saturated carbocycles. The standard InChI is InChI=1S/C42H54O19/c1-18(2)38-15-26-36(10,29(55-20(4)44)25-13-14-53-16-25)30(56-21(5)45)31(57-22(6)46)42(51)37(11)28(27(32(49)52-12)54-19(3)43)35(9)17-39(37,50)41(59-24(8)48,33(35)58-23(7)47)34(60-38)40(26,42)61-38/h13-14,16,18,26-31,33-34,50-51H,15,17H2,1-12H3/t26?,27-,28+,29+,30+,31-,33+,34+,35-,36-,37-,38?,39-,40-,41+,42+/m1/s1. The first kappa shape index (κ1) is 44.5. The molecular weight excluding hydrogens is 808 g/mol. The zero-order chi connectivity index (χ0) is 45.4. The number of carbonyl (C=O) groups is 7. The van der Waals surface area contributed by atoms with Crippen LogP contribution in [0.15, 0.2) is 23.0 Å². The summed E-state index contributed by atoms with van der Waals surface area (Å²) in [5.41, 5.74) is -16.5. The number of hydrogen-bond acceptors (Lipinski definition) is 19. The summed E-state index contributed by atoms with van der Waals surface area (Å²) in [6, 6.07) is 1.51. The Morgan fingerprint density at radius 2 is 1.39 bits per heavy atom. The maximum atomic E-state index is 14.7. The molecule has 0 aromatic carbocycles. The number of rotatable bonds is 11. The molecule has 1 aromatic rings. The molecule has 4 bridgehead atoms. The second kappa shape index (κ2) is 13.7. The molecular formula is C42H54O19. The van der Waals surface area contributed by atoms with Crippen molar-refractivity contribution in [3.63, 3.8) is 0 Å². The molecule has 0 amide bonds. The molecule has 6 fully saturated rings. The van der Waals surface area contributed by atoms with Gasteiger partial charge in [0.2, 0.25) is 11.7 Å². The normalized spacial score (nSPS) is 44.3. The second-order valence-electron chi connectivity index (χ2n) is 18.5. The van der Waals surface area contributed by atoms with Crippen LogP contribution in [0, 0.1) is 34.0 Å². The van der Waals surface area contributed by atoms with Crippen molar-refractivity contribution in [1.29, 1.82) is 0 Å². The first-order valence-electron chi connectivity index (χ1n) is 20.2. The summed E-state index contributed by atoms with van der Waals surface area (Å²) < 4.78 is 61.9. The van der Waals surface area contributed by atoms with Crippen molar-refractivity contribution in [2.24, 2.45) is 34.0 Å². The maximum absolute atomic E-state index is 14.7. The lowest BCUT2D eigenvalue weighted by Crippen LogP contribution is -2.97. The second-order valence-corrected chi connectivity index (χ2v) is 18.5. The van der Waals surface area contributed by atoms with Crippen LogP contribution in [-0.2, 0) is 76.2 Å². The van der Waals surface area contributed by atoms with E-state index in [0.29, 0.717) is 0 Å². The number of ether oxygens (including phenoxy) is 9. The number of fused-ring (bicyclic) bond motifs is 4. The van der Waals surface area contributed by atoms with E-state index >= 15 is 0 Å². The average Bonchev–Trinajstić information content (AvgIpc) is 3.94. The molecule has 2 aliphatic heterocycles. The van der Waals surface area contributed by atoms with E-state index in [9.17, 15) is 43.8 Å². The lowest BCUT2D eigenvalue weighted by Gasteiger charge is -2.77. The molecule has 3 heterocycles. The third kappa shape index (κ3) is 5.14. The molecule has 19 nitrogen and oxygen atoms in total. The van der Waals surface area contributed by atoms with E-state index in [-0.39, 0.29) is 12.0 Å². The number of carbonyl (C=O) groups excluding carboxylic acids is 7. The summed E-state index contributed by atoms with van der Waals surface area (Å²) in [6.07, 6.45) is -9.07. The lowest BCUT2D eigenvalue weighted by molar-refractivity contribution is -0.443. The lowest BCUT2D eigenvalue weighted by atomic mass is 9.32. The Balaban J connectivity index is 1.72. The Labute approximate surface area is 351 Å². The van der Waals surface area contributed by atoms with Crippen LogP contribution in [-0.4, -0.2) is 118 Å². The van der Waals surface area contributed by atoms with Crippen LogP contribution in [0.25, 0.3) is 0 Å². The predicted octanol–water partition coefficient (Wildman–Crippen LogP) is 2.15. The van der Waals surface area contributed by atoms with Gasteiger partial charge in [0.1, 0.15) is 29.0 Å². The summed E-state index contributed by atoms with van der Waals surface area (Å²) in [6.45, 7) is 14.4. The van der Waals surface area contributed by atoms with E-state index in [1.807, 2.05) is 0 Å². The van der Waals surface area contributed by atoms with Crippen molar-refractivity contribution in [3.05, 3.63) is 24.2 Å². The minimum Gasteiger partial charge on any atom is -0.472 e. The molecule has 6 aliphatic rings. The van der Waals surface area contributed by atoms with Crippen LogP contribution < -0.4 is 0 Å². The largest absolute Gasteiger partial charge is 0.472 e. The molecule has 1 aromatic heterocycles. The molecule has 16 atom stereocenters. The van der Waals surface area contributed by atoms with E-state index in [1.54, 1.807) is 20.8 Å². The van der Waals surface area contributed by atoms with E-state index in [4.69, 9.17) is 47.0 Å². The smallest absolute Gasteiger partial charge is 0.347 e. The molecule has 2 saturated heterocycles. The van der Waals surface area contributed by atoms with E-state index in [0.717, 1.165) is 48.7 Å². The zero-order valence-corrected chi connectivity index (χ0v) is 36.2. The maximum Gasteiger partial charge on any atom is 0.347 e. The van der Waals surface area contributed by atoms with E-state index < -0.39 is 147 Å². The van der Waals surface area contributed by atoms with Crippen molar-refractivity contribution < 1.29 is 90.8 Å². The molecule has 4 aliphatic carbocycles. The van der Waals surface area contributed by atoms with E-state index in [1.165, 1.54) is 32.4 Å². The molecule has 2 N–H and O–H groups in total. The third-order valence-corrected chi connectivity index (χ3v) is 15.1. The van der Waals surface area contributed by atoms with Crippen LogP contribution in [0.2, 0.25) is 0 Å². The SMILES string of the molecule is COC(=O)[C@H](OC(C)=O)[C@H]1[C@@]2(C)C[C@]3(O)[C@@](OC(C)=O)([C@H]4OC5(C(C)C)CC6[C@](C)([C@@H](OC(C)=O)c7ccoc7)[C@@H](OC(C)=O)[C@@H](OC(C)=O)[C@](O)([C@]13C)[C@@]64O5)[C@H]2OC(C)=O. The number of methoxy groups -OCH3 is 1. The summed E-state index contributed by atoms with van der Waals surface area (Å²) >= 11 is 0. The van der Waals surface area contributed by atoms with Crippen molar-refractivity contribution in [2.45, 2.75) is 154 Å². The van der Waals surface area contributed by atoms with Gasteiger partial charge in [0, 0.05) is 82.1 Å². The molecule has 0 radical (unpaired) electrons. The fraction of sp³-hybridized carbons (Fsp3) is 0.738. The Bertz CT molecular complexity index is 2070. The Morgan fingerprint density at radius 1 is 0.803 bits per heavy atom. The molecule has 336 valence electrons. The van der Waals surface area contributed by atoms with Crippen LogP contribution in [0.3, 0.4) is 0 Å². The van der Waals surface area contributed by atoms with Gasteiger partial charge in [-0.15, -0.1) is 0 Å². The van der Waals surface area contributed by atoms with Crippen LogP contribution >= 0.6 is 0 Å². The van der Waals surface area contributed by atoms with Gasteiger partial charge in [0.25, 0.3) is 0 Å². The minimum absolute atomic E-state index is 0.171. The first-order chi connectivity index (χ1) is 28.2. The fourth-order valence-electron chi connectivity index (χ4n) is 13.6. The molecule has 61 heavy (non-hydrogen) atoms. The number of furan rings is 1. The average molecular weight is 863 g/mol. The van der Waals surface area contributed by atoms with Gasteiger partial charge in [-0.3, -0.25) is 28.8 Å². The highest BCUT2D eigenvalue weighted by atomic mass is 16.8. The molecule has 2 unspecified atom stereocenters. The van der Waals surface area contributed by atoms with Crippen LogP contribution in [0.5, 0.6) is 0 Å². The van der Waals surface area contributed by atoms with Crippen molar-refractivity contribution >= 4 is 41.8 Å². The van der Waals surface area contributed by atoms with Gasteiger partial charge in [0.15, 0.2) is 24.1 Å². The first-order valence-corrected chi connectivity index (χ1v) is 20.2. The topological polar surface area (TPSA) is 256 Å². The summed E-state index contributed by atoms with van der Waals surface area (Å²) in [5.74, 6) is -12.2. The van der Waals surface area contributed by atoms with Crippen molar-refractivity contribution in [3.8, 4) is 0 Å². The summed E-state index contributed by atoms with van der Waals surface area (Å²) in [4.78, 5) is 94.5. The highest BCUT2D eigenvalue weighted by Gasteiger charge is 3.05. The van der Waals surface area contributed by atoms with Crippen molar-refractivity contribution in [2.75, 3.05) is 7.11 Å². The highest BCUT2D eigenvalue weighted by molar-refractivity contribution is 5.80. The molecule has 19 heteroatoms. The van der Waals surface area contributed by atoms with Crippen LogP contribution in [0.1, 0.15) is 101 Å². The fourth-order valence-corrected chi connectivity index (χ4v) is 13.6. The van der Waals surface area contributed by atoms with Gasteiger partial charge in [-0.25, -0.2) is 4.79 Å². The third-order valence-electron chi connectivity index (χ3n) is 15.1. The Morgan fingerprint density at radius 3 is 1.89 bits per heavy atom. The Hall–Kier alpha value is -4.59. The van der Waals surface area contributed by atoms with Gasteiger partial charge >= 0.3 is 41.8 Å². The monoisotopic (exact) mass is 862 g/mol. The minimum atomic E-state index is -2.95. The van der Waals surface area contributed by atoms with E-state index in [2.05, 4.69) is 0 Å². The van der Waals surface area contributed by atoms with Gasteiger partial charge in [-0.05, 0) is 12.5 Å². The number of aliphatic hydroxyl groups is 2. The number of esters is 7. The number of hydrogen-bond donors (Lipinski definition) is 2. The quantitative estimate of drug-likeness (QED) is 0.239. The van der Waals surface area contributed by atoms with Gasteiger partial charge in [-0.1, -0.05) is 34.6 Å². The molecule has 1 spiro atoms. The van der Waals surface area contributed by atoms with Crippen LogP contribution in [0.4, 0.5) is 0 Å². The van der Waals surface area contributed by atoms with Gasteiger partial charge in [-0.2, -0.15) is 0 Å². The summed E-state index contributed by atoms with van der Waals surface area (Å²) in [7, 11) is 1.02. The Kier molecular flexibility index (Phi) is 9.99. The highest BCUT2D eigenvalue weighted by Crippen LogP contribution is 2.88. The zero-order valence-electron chi connectivity index (χ0n) is 36.2. The van der Waals surface area contributed by atoms with Crippen molar-refractivity contribution in [1.82, 2.24) is 0 Å². The van der Waals surface area contributed by atoms with Gasteiger partial charge < -0.3 is 57.3 Å². The summed E-state index contributed by atoms with van der Waals surface area (Å²) in [5, 5.41) is 28.8. The predicted molar refractivity (Wildman–Crippen MR) is 199 cm³/mol.